The molecule has 1 aromatic heterocycles. The molecule has 0 aliphatic carbocycles. The van der Waals surface area contributed by atoms with E-state index in [-0.39, 0.29) is 0 Å². The number of nitrogens with one attached hydrogen (secondary N) is 1. The van der Waals surface area contributed by atoms with E-state index >= 15 is 0 Å². The summed E-state index contributed by atoms with van der Waals surface area (Å²) in [4.78, 5) is 2.30. The number of benzene rings is 1. The predicted octanol–water partition coefficient (Wildman–Crippen LogP) is 3.37. The maximum atomic E-state index is 5.61. The Labute approximate surface area is 121 Å². The molecule has 1 aromatic carbocycles. The van der Waals surface area contributed by atoms with Crippen molar-refractivity contribution in [3.05, 3.63) is 59.5 Å². The number of rotatable bonds is 7. The molecule has 0 fully saturated rings. The summed E-state index contributed by atoms with van der Waals surface area (Å²) in [5, 5.41) is 3.39. The summed E-state index contributed by atoms with van der Waals surface area (Å²) in [6.07, 6.45) is 1.08. The molecule has 0 aliphatic heterocycles. The van der Waals surface area contributed by atoms with Crippen molar-refractivity contribution in [1.82, 2.24) is 10.2 Å². The summed E-state index contributed by atoms with van der Waals surface area (Å²) in [5.74, 6) is 2.01. The Bertz CT molecular complexity index is 507. The predicted molar refractivity (Wildman–Crippen MR) is 82.6 cm³/mol. The summed E-state index contributed by atoms with van der Waals surface area (Å²) in [5.41, 5.74) is 1.34. The second kappa shape index (κ2) is 7.27. The molecular formula is C17H24N2O. The monoisotopic (exact) mass is 272 g/mol. The molecule has 108 valence electrons. The normalized spacial score (nSPS) is 12.8. The molecule has 1 atom stereocenters. The van der Waals surface area contributed by atoms with Crippen molar-refractivity contribution in [2.75, 3.05) is 20.6 Å². The topological polar surface area (TPSA) is 28.4 Å². The number of aryl methyl sites for hydroxylation is 1. The van der Waals surface area contributed by atoms with Gasteiger partial charge in [0, 0.05) is 12.6 Å². The van der Waals surface area contributed by atoms with Gasteiger partial charge in [-0.2, -0.15) is 0 Å². The molecule has 0 bridgehead atoms. The van der Waals surface area contributed by atoms with E-state index in [0.29, 0.717) is 6.04 Å². The molecule has 0 amide bonds. The lowest BCUT2D eigenvalue weighted by molar-refractivity contribution is 0.276. The molecule has 1 heterocycles. The summed E-state index contributed by atoms with van der Waals surface area (Å²) in [6, 6.07) is 15.1. The van der Waals surface area contributed by atoms with Gasteiger partial charge < -0.3 is 9.73 Å². The van der Waals surface area contributed by atoms with Gasteiger partial charge in [0.25, 0.3) is 0 Å². The third kappa shape index (κ3) is 4.22. The van der Waals surface area contributed by atoms with E-state index in [2.05, 4.69) is 53.7 Å². The zero-order chi connectivity index (χ0) is 14.4. The molecule has 3 heteroatoms. The van der Waals surface area contributed by atoms with Crippen molar-refractivity contribution in [3.63, 3.8) is 0 Å². The lowest BCUT2D eigenvalue weighted by atomic mass is 10.0. The van der Waals surface area contributed by atoms with Gasteiger partial charge in [-0.15, -0.1) is 0 Å². The van der Waals surface area contributed by atoms with Gasteiger partial charge in [0.15, 0.2) is 0 Å². The summed E-state index contributed by atoms with van der Waals surface area (Å²) < 4.78 is 5.61. The fourth-order valence-corrected chi connectivity index (χ4v) is 2.43. The number of hydrogen-bond acceptors (Lipinski definition) is 3. The molecular weight excluding hydrogens is 248 g/mol. The zero-order valence-electron chi connectivity index (χ0n) is 12.6. The van der Waals surface area contributed by atoms with Crippen LogP contribution in [0.5, 0.6) is 0 Å². The first-order valence-electron chi connectivity index (χ1n) is 7.15. The van der Waals surface area contributed by atoms with Crippen LogP contribution in [0.3, 0.4) is 0 Å². The zero-order valence-corrected chi connectivity index (χ0v) is 12.6. The Kier molecular flexibility index (Phi) is 5.39. The number of nitrogens with zero attached hydrogens (tertiary/aromatic N) is 1. The molecule has 3 nitrogen and oxygen atoms in total. The van der Waals surface area contributed by atoms with E-state index < -0.39 is 0 Å². The highest BCUT2D eigenvalue weighted by Gasteiger charge is 2.10. The van der Waals surface area contributed by atoms with E-state index in [1.165, 1.54) is 5.56 Å². The van der Waals surface area contributed by atoms with Gasteiger partial charge in [0.2, 0.25) is 0 Å². The maximum absolute atomic E-state index is 5.61. The maximum Gasteiger partial charge on any atom is 0.118 e. The first kappa shape index (κ1) is 14.8. The first-order valence-corrected chi connectivity index (χ1v) is 7.15. The minimum atomic E-state index is 0.400. The lowest BCUT2D eigenvalue weighted by Crippen LogP contribution is -2.25. The average Bonchev–Trinajstić information content (AvgIpc) is 2.86. The van der Waals surface area contributed by atoms with Crippen LogP contribution in [-0.4, -0.2) is 25.5 Å². The van der Waals surface area contributed by atoms with Crippen LogP contribution in [-0.2, 0) is 6.54 Å². The molecule has 0 saturated carbocycles. The first-order chi connectivity index (χ1) is 9.69. The van der Waals surface area contributed by atoms with Crippen molar-refractivity contribution >= 4 is 0 Å². The molecule has 0 spiro atoms. The van der Waals surface area contributed by atoms with Crippen LogP contribution < -0.4 is 5.32 Å². The molecule has 0 saturated heterocycles. The molecule has 0 aliphatic rings. The lowest BCUT2D eigenvalue weighted by Gasteiger charge is -2.21. The SMILES string of the molecule is CNC(CCN(C)Cc1ccc(C)o1)c1ccccc1. The third-order valence-electron chi connectivity index (χ3n) is 3.57. The minimum absolute atomic E-state index is 0.400. The second-order valence-electron chi connectivity index (χ2n) is 5.29. The average molecular weight is 272 g/mol. The number of hydrogen-bond donors (Lipinski definition) is 1. The van der Waals surface area contributed by atoms with Gasteiger partial charge >= 0.3 is 0 Å². The van der Waals surface area contributed by atoms with Gasteiger partial charge in [-0.3, -0.25) is 4.90 Å². The van der Waals surface area contributed by atoms with Gasteiger partial charge in [-0.05, 0) is 45.1 Å². The van der Waals surface area contributed by atoms with Gasteiger partial charge in [-0.1, -0.05) is 30.3 Å². The molecule has 20 heavy (non-hydrogen) atoms. The largest absolute Gasteiger partial charge is 0.465 e. The highest BCUT2D eigenvalue weighted by atomic mass is 16.3. The Morgan fingerprint density at radius 3 is 2.50 bits per heavy atom. The summed E-state index contributed by atoms with van der Waals surface area (Å²) >= 11 is 0. The molecule has 2 rings (SSSR count). The Morgan fingerprint density at radius 1 is 1.15 bits per heavy atom. The van der Waals surface area contributed by atoms with Gasteiger partial charge in [-0.25, -0.2) is 0 Å². The molecule has 1 N–H and O–H groups in total. The summed E-state index contributed by atoms with van der Waals surface area (Å²) in [7, 11) is 4.16. The summed E-state index contributed by atoms with van der Waals surface area (Å²) in [6.45, 7) is 3.87. The van der Waals surface area contributed by atoms with Crippen molar-refractivity contribution in [1.29, 1.82) is 0 Å². The Hall–Kier alpha value is -1.58. The van der Waals surface area contributed by atoms with E-state index in [9.17, 15) is 0 Å². The smallest absolute Gasteiger partial charge is 0.118 e. The van der Waals surface area contributed by atoms with Crippen LogP contribution >= 0.6 is 0 Å². The van der Waals surface area contributed by atoms with Crippen LogP contribution in [0, 0.1) is 6.92 Å². The highest BCUT2D eigenvalue weighted by Crippen LogP contribution is 2.17. The van der Waals surface area contributed by atoms with Crippen molar-refractivity contribution in [2.45, 2.75) is 25.9 Å². The van der Waals surface area contributed by atoms with Crippen LogP contribution in [0.4, 0.5) is 0 Å². The van der Waals surface area contributed by atoms with E-state index in [1.807, 2.05) is 20.0 Å². The fourth-order valence-electron chi connectivity index (χ4n) is 2.43. The Morgan fingerprint density at radius 2 is 1.90 bits per heavy atom. The van der Waals surface area contributed by atoms with Crippen molar-refractivity contribution in [3.8, 4) is 0 Å². The Balaban J connectivity index is 1.84. The van der Waals surface area contributed by atoms with Crippen LogP contribution in [0.1, 0.15) is 29.5 Å². The van der Waals surface area contributed by atoms with Crippen LogP contribution in [0.15, 0.2) is 46.9 Å². The highest BCUT2D eigenvalue weighted by molar-refractivity contribution is 5.18. The molecule has 2 aromatic rings. The van der Waals surface area contributed by atoms with Crippen molar-refractivity contribution < 1.29 is 4.42 Å². The van der Waals surface area contributed by atoms with Crippen LogP contribution in [0.25, 0.3) is 0 Å². The van der Waals surface area contributed by atoms with Gasteiger partial charge in [0.05, 0.1) is 6.54 Å². The number of furan rings is 1. The van der Waals surface area contributed by atoms with E-state index in [4.69, 9.17) is 4.42 Å². The fraction of sp³-hybridized carbons (Fsp3) is 0.412. The van der Waals surface area contributed by atoms with Crippen molar-refractivity contribution in [2.24, 2.45) is 0 Å². The quantitative estimate of drug-likeness (QED) is 0.837. The van der Waals surface area contributed by atoms with E-state index in [0.717, 1.165) is 31.0 Å². The van der Waals surface area contributed by atoms with Crippen LogP contribution in [0.2, 0.25) is 0 Å². The minimum Gasteiger partial charge on any atom is -0.465 e. The standard InChI is InChI=1S/C17H24N2O/c1-14-9-10-16(20-14)13-19(3)12-11-17(18-2)15-7-5-4-6-8-15/h4-10,17-18H,11-13H2,1-3H3. The van der Waals surface area contributed by atoms with Gasteiger partial charge in [0.1, 0.15) is 11.5 Å². The molecule has 0 radical (unpaired) electrons. The third-order valence-corrected chi connectivity index (χ3v) is 3.57. The second-order valence-corrected chi connectivity index (χ2v) is 5.29. The van der Waals surface area contributed by atoms with E-state index in [1.54, 1.807) is 0 Å². The molecule has 1 unspecified atom stereocenters.